The maximum Gasteiger partial charge on any atom is 0.387 e. The normalized spacial score (nSPS) is 13.1. The number of carbonyl (C=O) groups is 2. The molecule has 2 amide bonds. The van der Waals surface area contributed by atoms with E-state index in [0.717, 1.165) is 24.4 Å². The lowest BCUT2D eigenvalue weighted by molar-refractivity contribution is -0.114. The lowest BCUT2D eigenvalue weighted by Crippen LogP contribution is -2.16. The highest BCUT2D eigenvalue weighted by Crippen LogP contribution is 2.41. The van der Waals surface area contributed by atoms with Crippen LogP contribution < -0.4 is 15.4 Å². The van der Waals surface area contributed by atoms with Crippen molar-refractivity contribution in [1.29, 1.82) is 0 Å². The number of thioether (sulfide) groups is 1. The van der Waals surface area contributed by atoms with Crippen LogP contribution in [-0.4, -0.2) is 38.9 Å². The number of benzene rings is 2. The molecule has 1 aromatic heterocycles. The molecule has 2 aromatic carbocycles. The fraction of sp³-hybridized carbons (Fsp3) is 0.273. The topological polar surface area (TPSA) is 98.1 Å². The summed E-state index contributed by atoms with van der Waals surface area (Å²) in [5.41, 5.74) is 1.57. The summed E-state index contributed by atoms with van der Waals surface area (Å²) in [6, 6.07) is 13.3. The Morgan fingerprint density at radius 1 is 1.15 bits per heavy atom. The Hall–Kier alpha value is -3.47. The predicted octanol–water partition coefficient (Wildman–Crippen LogP) is 4.44. The molecule has 33 heavy (non-hydrogen) atoms. The summed E-state index contributed by atoms with van der Waals surface area (Å²) in [5.74, 6) is 0.384. The van der Waals surface area contributed by atoms with E-state index in [1.807, 2.05) is 22.8 Å². The molecular weight excluding hydrogens is 452 g/mol. The Labute approximate surface area is 192 Å². The first-order valence-electron chi connectivity index (χ1n) is 10.2. The van der Waals surface area contributed by atoms with Crippen molar-refractivity contribution >= 4 is 35.0 Å². The summed E-state index contributed by atoms with van der Waals surface area (Å²) < 4.78 is 31.5. The van der Waals surface area contributed by atoms with Crippen LogP contribution in [0.4, 0.5) is 20.2 Å². The molecule has 1 aliphatic rings. The van der Waals surface area contributed by atoms with Gasteiger partial charge in [0.2, 0.25) is 11.8 Å². The van der Waals surface area contributed by atoms with Crippen LogP contribution in [0.5, 0.6) is 5.75 Å². The molecule has 3 aromatic rings. The number of para-hydroxylation sites is 2. The zero-order chi connectivity index (χ0) is 23.4. The summed E-state index contributed by atoms with van der Waals surface area (Å²) in [6.45, 7) is -1.56. The lowest BCUT2D eigenvalue weighted by atomic mass is 10.2. The monoisotopic (exact) mass is 473 g/mol. The third kappa shape index (κ3) is 5.86. The summed E-state index contributed by atoms with van der Waals surface area (Å²) in [5, 5.41) is 14.5. The predicted molar refractivity (Wildman–Crippen MR) is 120 cm³/mol. The minimum atomic E-state index is -3.00. The van der Waals surface area contributed by atoms with Crippen molar-refractivity contribution in [1.82, 2.24) is 14.8 Å². The van der Waals surface area contributed by atoms with Gasteiger partial charge in [-0.3, -0.25) is 14.2 Å². The summed E-state index contributed by atoms with van der Waals surface area (Å²) in [6.07, 6.45) is 2.02. The zero-order valence-electron chi connectivity index (χ0n) is 17.6. The van der Waals surface area contributed by atoms with Crippen LogP contribution in [0.1, 0.15) is 31.5 Å². The molecule has 2 N–H and O–H groups in total. The molecule has 0 saturated heterocycles. The third-order valence-corrected chi connectivity index (χ3v) is 5.66. The van der Waals surface area contributed by atoms with Crippen molar-refractivity contribution in [3.8, 4) is 11.4 Å². The van der Waals surface area contributed by atoms with Crippen LogP contribution in [0, 0.1) is 0 Å². The van der Waals surface area contributed by atoms with E-state index in [1.54, 1.807) is 18.2 Å². The van der Waals surface area contributed by atoms with E-state index < -0.39 is 12.5 Å². The molecule has 4 rings (SSSR count). The van der Waals surface area contributed by atoms with E-state index in [0.29, 0.717) is 16.8 Å². The van der Waals surface area contributed by atoms with E-state index in [-0.39, 0.29) is 23.1 Å². The van der Waals surface area contributed by atoms with Gasteiger partial charge >= 0.3 is 6.61 Å². The Kier molecular flexibility index (Phi) is 6.87. The first-order valence-corrected chi connectivity index (χ1v) is 11.2. The van der Waals surface area contributed by atoms with Gasteiger partial charge in [0.25, 0.3) is 0 Å². The van der Waals surface area contributed by atoms with E-state index in [1.165, 1.54) is 30.8 Å². The maximum absolute atomic E-state index is 12.6. The number of rotatable bonds is 9. The molecule has 172 valence electrons. The Balaban J connectivity index is 1.51. The molecule has 1 fully saturated rings. The van der Waals surface area contributed by atoms with Crippen molar-refractivity contribution in [2.45, 2.75) is 37.5 Å². The average Bonchev–Trinajstić information content (AvgIpc) is 3.52. The fourth-order valence-electron chi connectivity index (χ4n) is 3.23. The number of aromatic nitrogens is 3. The number of nitrogens with one attached hydrogen (secondary N) is 2. The minimum absolute atomic E-state index is 0.0167. The standard InChI is InChI=1S/C22H21F2N5O3S/c1-13(30)25-15-5-4-6-16(11-15)29-20(14-9-10-14)27-28-22(29)33-12-19(31)26-17-7-2-3-8-18(17)32-21(23)24/h2-8,11,14,21H,9-10,12H2,1H3,(H,25,30)(H,26,31). The molecule has 0 radical (unpaired) electrons. The van der Waals surface area contributed by atoms with Gasteiger partial charge < -0.3 is 15.4 Å². The highest BCUT2D eigenvalue weighted by molar-refractivity contribution is 7.99. The number of alkyl halides is 2. The number of carbonyl (C=O) groups excluding carboxylic acids is 2. The fourth-order valence-corrected chi connectivity index (χ4v) is 3.99. The van der Waals surface area contributed by atoms with E-state index in [2.05, 4.69) is 25.6 Å². The Morgan fingerprint density at radius 3 is 2.67 bits per heavy atom. The highest BCUT2D eigenvalue weighted by Gasteiger charge is 2.31. The second kappa shape index (κ2) is 9.99. The molecule has 0 spiro atoms. The number of anilines is 2. The quantitative estimate of drug-likeness (QED) is 0.446. The lowest BCUT2D eigenvalue weighted by Gasteiger charge is -2.13. The molecule has 0 aliphatic heterocycles. The Bertz CT molecular complexity index is 1170. The van der Waals surface area contributed by atoms with Gasteiger partial charge in [0, 0.05) is 18.5 Å². The molecule has 8 nitrogen and oxygen atoms in total. The number of halogens is 2. The van der Waals surface area contributed by atoms with Gasteiger partial charge in [0.1, 0.15) is 11.6 Å². The third-order valence-electron chi connectivity index (χ3n) is 4.74. The van der Waals surface area contributed by atoms with Crippen LogP contribution in [0.3, 0.4) is 0 Å². The van der Waals surface area contributed by atoms with Gasteiger partial charge in [-0.25, -0.2) is 0 Å². The van der Waals surface area contributed by atoms with Gasteiger partial charge in [-0.05, 0) is 43.2 Å². The number of hydrogen-bond acceptors (Lipinski definition) is 6. The number of nitrogens with zero attached hydrogens (tertiary/aromatic N) is 3. The van der Waals surface area contributed by atoms with Crippen LogP contribution >= 0.6 is 11.8 Å². The smallest absolute Gasteiger partial charge is 0.387 e. The SMILES string of the molecule is CC(=O)Nc1cccc(-n2c(SCC(=O)Nc3ccccc3OC(F)F)nnc2C2CC2)c1. The molecule has 1 aliphatic carbocycles. The van der Waals surface area contributed by atoms with Crippen LogP contribution in [-0.2, 0) is 9.59 Å². The zero-order valence-corrected chi connectivity index (χ0v) is 18.4. The van der Waals surface area contributed by atoms with E-state index >= 15 is 0 Å². The number of hydrogen-bond donors (Lipinski definition) is 2. The van der Waals surface area contributed by atoms with Gasteiger partial charge in [0.05, 0.1) is 17.1 Å². The van der Waals surface area contributed by atoms with Crippen molar-refractivity contribution < 1.29 is 23.1 Å². The van der Waals surface area contributed by atoms with E-state index in [4.69, 9.17) is 0 Å². The van der Waals surface area contributed by atoms with Crippen LogP contribution in [0.25, 0.3) is 5.69 Å². The number of amides is 2. The van der Waals surface area contributed by atoms with Gasteiger partial charge in [0.15, 0.2) is 5.16 Å². The first-order chi connectivity index (χ1) is 15.9. The molecule has 0 unspecified atom stereocenters. The van der Waals surface area contributed by atoms with Crippen molar-refractivity contribution in [3.05, 3.63) is 54.4 Å². The summed E-state index contributed by atoms with van der Waals surface area (Å²) in [7, 11) is 0. The van der Waals surface area contributed by atoms with Crippen molar-refractivity contribution in [2.24, 2.45) is 0 Å². The average molecular weight is 474 g/mol. The molecule has 1 saturated carbocycles. The van der Waals surface area contributed by atoms with E-state index in [9.17, 15) is 18.4 Å². The number of ether oxygens (including phenoxy) is 1. The second-order valence-corrected chi connectivity index (χ2v) is 8.34. The van der Waals surface area contributed by atoms with Gasteiger partial charge in [-0.2, -0.15) is 8.78 Å². The van der Waals surface area contributed by atoms with Gasteiger partial charge in [-0.1, -0.05) is 30.0 Å². The second-order valence-electron chi connectivity index (χ2n) is 7.39. The molecule has 11 heteroatoms. The molecule has 0 atom stereocenters. The molecule has 1 heterocycles. The van der Waals surface area contributed by atoms with Crippen LogP contribution in [0.2, 0.25) is 0 Å². The maximum atomic E-state index is 12.6. The van der Waals surface area contributed by atoms with Crippen molar-refractivity contribution in [3.63, 3.8) is 0 Å². The Morgan fingerprint density at radius 2 is 1.94 bits per heavy atom. The molecule has 0 bridgehead atoms. The highest BCUT2D eigenvalue weighted by atomic mass is 32.2. The van der Waals surface area contributed by atoms with Crippen molar-refractivity contribution in [2.75, 3.05) is 16.4 Å². The summed E-state index contributed by atoms with van der Waals surface area (Å²) >= 11 is 1.18. The van der Waals surface area contributed by atoms with Crippen LogP contribution in [0.15, 0.2) is 53.7 Å². The first kappa shape index (κ1) is 22.7. The minimum Gasteiger partial charge on any atom is -0.433 e. The summed E-state index contributed by atoms with van der Waals surface area (Å²) in [4.78, 5) is 24.0. The largest absolute Gasteiger partial charge is 0.433 e. The molecular formula is C22H21F2N5O3S. The van der Waals surface area contributed by atoms with Gasteiger partial charge in [-0.15, -0.1) is 10.2 Å².